The molecule has 24 heavy (non-hydrogen) atoms. The van der Waals surface area contributed by atoms with Gasteiger partial charge in [0.1, 0.15) is 11.6 Å². The molecule has 9 heteroatoms. The normalized spacial score (nSPS) is 33.4. The first-order chi connectivity index (χ1) is 11.2. The SMILES string of the molecule is CB(O)CCCC1C2CN(C(=O)C(N)CO)CC2CC1(N)C(=O)O. The fourth-order valence-electron chi connectivity index (χ4n) is 4.38. The van der Waals surface area contributed by atoms with Crippen LogP contribution in [0.3, 0.4) is 0 Å². The van der Waals surface area contributed by atoms with Crippen LogP contribution in [0.5, 0.6) is 0 Å². The minimum atomic E-state index is -1.28. The smallest absolute Gasteiger partial charge is 0.323 e. The number of rotatable bonds is 7. The van der Waals surface area contributed by atoms with Crippen molar-refractivity contribution in [2.45, 2.75) is 44.0 Å². The predicted octanol–water partition coefficient (Wildman–Crippen LogP) is -1.42. The second-order valence-electron chi connectivity index (χ2n) is 7.39. The molecule has 2 fully saturated rings. The Morgan fingerprint density at radius 3 is 2.62 bits per heavy atom. The van der Waals surface area contributed by atoms with E-state index >= 15 is 0 Å². The van der Waals surface area contributed by atoms with E-state index in [1.54, 1.807) is 11.7 Å². The Balaban J connectivity index is 2.09. The maximum absolute atomic E-state index is 12.2. The van der Waals surface area contributed by atoms with Crippen molar-refractivity contribution in [3.63, 3.8) is 0 Å². The third-order valence-electron chi connectivity index (χ3n) is 5.63. The van der Waals surface area contributed by atoms with Gasteiger partial charge in [0.15, 0.2) is 0 Å². The van der Waals surface area contributed by atoms with Gasteiger partial charge in [0.25, 0.3) is 6.92 Å². The minimum absolute atomic E-state index is 0.0231. The fraction of sp³-hybridized carbons (Fsp3) is 0.867. The maximum Gasteiger partial charge on any atom is 0.323 e. The summed E-state index contributed by atoms with van der Waals surface area (Å²) in [6, 6.07) is -0.931. The lowest BCUT2D eigenvalue weighted by atomic mass is 9.65. The van der Waals surface area contributed by atoms with Crippen LogP contribution in [-0.4, -0.2) is 70.2 Å². The molecule has 0 aromatic rings. The Labute approximate surface area is 142 Å². The topological polar surface area (TPSA) is 150 Å². The lowest BCUT2D eigenvalue weighted by molar-refractivity contribution is -0.145. The lowest BCUT2D eigenvalue weighted by Gasteiger charge is -2.32. The molecule has 2 aliphatic rings. The molecule has 1 amide bonds. The van der Waals surface area contributed by atoms with Crippen molar-refractivity contribution in [1.82, 2.24) is 4.90 Å². The van der Waals surface area contributed by atoms with Crippen LogP contribution in [0.2, 0.25) is 13.1 Å². The van der Waals surface area contributed by atoms with E-state index in [0.29, 0.717) is 38.7 Å². The van der Waals surface area contributed by atoms with Gasteiger partial charge in [-0.15, -0.1) is 0 Å². The van der Waals surface area contributed by atoms with Crippen molar-refractivity contribution in [3.05, 3.63) is 0 Å². The van der Waals surface area contributed by atoms with Crippen LogP contribution >= 0.6 is 0 Å². The number of likely N-dealkylation sites (tertiary alicyclic amines) is 1. The van der Waals surface area contributed by atoms with Crippen LogP contribution in [-0.2, 0) is 9.59 Å². The highest BCUT2D eigenvalue weighted by Crippen LogP contribution is 2.49. The number of fused-ring (bicyclic) bond motifs is 1. The maximum atomic E-state index is 12.2. The van der Waals surface area contributed by atoms with Crippen LogP contribution in [0, 0.1) is 17.8 Å². The number of carboxylic acid groups (broad SMARTS) is 1. The van der Waals surface area contributed by atoms with E-state index in [1.165, 1.54) is 0 Å². The third-order valence-corrected chi connectivity index (χ3v) is 5.63. The van der Waals surface area contributed by atoms with E-state index in [2.05, 4.69) is 0 Å². The number of aliphatic carboxylic acids is 1. The van der Waals surface area contributed by atoms with Crippen LogP contribution in [0.4, 0.5) is 0 Å². The fourth-order valence-corrected chi connectivity index (χ4v) is 4.38. The zero-order chi connectivity index (χ0) is 18.1. The molecule has 7 N–H and O–H groups in total. The summed E-state index contributed by atoms with van der Waals surface area (Å²) in [5.74, 6) is -1.47. The van der Waals surface area contributed by atoms with E-state index in [1.807, 2.05) is 0 Å². The van der Waals surface area contributed by atoms with E-state index in [4.69, 9.17) is 16.6 Å². The number of carbonyl (C=O) groups is 2. The molecule has 0 spiro atoms. The lowest BCUT2D eigenvalue weighted by Crippen LogP contribution is -2.54. The van der Waals surface area contributed by atoms with Crippen molar-refractivity contribution in [2.75, 3.05) is 19.7 Å². The molecule has 1 aliphatic heterocycles. The van der Waals surface area contributed by atoms with E-state index in [-0.39, 0.29) is 23.7 Å². The van der Waals surface area contributed by atoms with Gasteiger partial charge in [0.2, 0.25) is 5.91 Å². The number of carboxylic acids is 1. The van der Waals surface area contributed by atoms with Gasteiger partial charge in [-0.25, -0.2) is 0 Å². The van der Waals surface area contributed by atoms with Crippen LogP contribution in [0.15, 0.2) is 0 Å². The summed E-state index contributed by atoms with van der Waals surface area (Å²) >= 11 is 0. The largest absolute Gasteiger partial charge is 0.480 e. The minimum Gasteiger partial charge on any atom is -0.480 e. The monoisotopic (exact) mass is 341 g/mol. The third kappa shape index (κ3) is 3.59. The Kier molecular flexibility index (Phi) is 5.90. The Bertz CT molecular complexity index is 492. The number of carbonyl (C=O) groups excluding carboxylic acids is 1. The summed E-state index contributed by atoms with van der Waals surface area (Å²) in [7, 11) is 0. The molecule has 1 saturated heterocycles. The molecule has 0 aromatic heterocycles. The second kappa shape index (κ2) is 7.39. The molecule has 8 nitrogen and oxygen atoms in total. The Hall–Kier alpha value is -1.16. The molecule has 1 saturated carbocycles. The highest BCUT2D eigenvalue weighted by Gasteiger charge is 2.58. The van der Waals surface area contributed by atoms with Crippen molar-refractivity contribution in [3.8, 4) is 0 Å². The van der Waals surface area contributed by atoms with Gasteiger partial charge in [-0.1, -0.05) is 13.2 Å². The van der Waals surface area contributed by atoms with E-state index in [9.17, 15) is 19.7 Å². The van der Waals surface area contributed by atoms with Crippen LogP contribution in [0.25, 0.3) is 0 Å². The van der Waals surface area contributed by atoms with Gasteiger partial charge >= 0.3 is 5.97 Å². The van der Waals surface area contributed by atoms with Gasteiger partial charge in [-0.2, -0.15) is 0 Å². The number of nitrogens with zero attached hydrogens (tertiary/aromatic N) is 1. The zero-order valence-electron chi connectivity index (χ0n) is 14.1. The first-order valence-corrected chi connectivity index (χ1v) is 8.56. The summed E-state index contributed by atoms with van der Waals surface area (Å²) in [5, 5.41) is 28.1. The van der Waals surface area contributed by atoms with E-state index < -0.39 is 31.1 Å². The van der Waals surface area contributed by atoms with Gasteiger partial charge in [-0.3, -0.25) is 9.59 Å². The number of aliphatic hydroxyl groups is 1. The molecule has 5 atom stereocenters. The van der Waals surface area contributed by atoms with Gasteiger partial charge in [0.05, 0.1) is 6.61 Å². The number of amides is 1. The molecule has 0 radical (unpaired) electrons. The van der Waals surface area contributed by atoms with Crippen molar-refractivity contribution < 1.29 is 24.8 Å². The van der Waals surface area contributed by atoms with E-state index in [0.717, 1.165) is 0 Å². The zero-order valence-corrected chi connectivity index (χ0v) is 14.1. The van der Waals surface area contributed by atoms with Gasteiger partial charge in [0, 0.05) is 13.1 Å². The first-order valence-electron chi connectivity index (χ1n) is 8.56. The number of nitrogens with two attached hydrogens (primary N) is 2. The molecule has 136 valence electrons. The van der Waals surface area contributed by atoms with Gasteiger partial charge < -0.3 is 31.6 Å². The highest BCUT2D eigenvalue weighted by atomic mass is 16.4. The number of hydrogen-bond acceptors (Lipinski definition) is 6. The highest BCUT2D eigenvalue weighted by molar-refractivity contribution is 6.48. The summed E-state index contributed by atoms with van der Waals surface area (Å²) < 4.78 is 0. The standard InChI is InChI=1S/C15H28BN3O5/c1-16(24)4-2-3-11-10-7-19(13(21)12(17)8-20)6-9(10)5-15(11,18)14(22)23/h9-12,20,24H,2-8,17-18H2,1H3,(H,22,23). The quantitative estimate of drug-likeness (QED) is 0.356. The predicted molar refractivity (Wildman–Crippen MR) is 89.2 cm³/mol. The number of aliphatic hydroxyl groups excluding tert-OH is 1. The molecule has 2 rings (SSSR count). The summed E-state index contributed by atoms with van der Waals surface area (Å²) in [6.07, 6.45) is 2.25. The van der Waals surface area contributed by atoms with Crippen LogP contribution in [0.1, 0.15) is 19.3 Å². The molecular weight excluding hydrogens is 313 g/mol. The van der Waals surface area contributed by atoms with Gasteiger partial charge in [-0.05, 0) is 36.9 Å². The first kappa shape index (κ1) is 19.2. The number of hydrogen-bond donors (Lipinski definition) is 5. The Morgan fingerprint density at radius 1 is 1.42 bits per heavy atom. The average Bonchev–Trinajstić information content (AvgIpc) is 3.02. The van der Waals surface area contributed by atoms with Crippen molar-refractivity contribution in [2.24, 2.45) is 29.2 Å². The Morgan fingerprint density at radius 2 is 2.08 bits per heavy atom. The average molecular weight is 341 g/mol. The summed E-state index contributed by atoms with van der Waals surface area (Å²) in [5.41, 5.74) is 10.6. The molecular formula is C15H28BN3O5. The molecule has 1 heterocycles. The molecule has 1 aliphatic carbocycles. The second-order valence-corrected chi connectivity index (χ2v) is 7.39. The van der Waals surface area contributed by atoms with Crippen LogP contribution < -0.4 is 11.5 Å². The molecule has 0 bridgehead atoms. The molecule has 0 aromatic carbocycles. The van der Waals surface area contributed by atoms with Crippen molar-refractivity contribution >= 4 is 18.8 Å². The molecule has 5 unspecified atom stereocenters. The summed E-state index contributed by atoms with van der Waals surface area (Å²) in [6.45, 7) is 1.75. The van der Waals surface area contributed by atoms with Crippen molar-refractivity contribution in [1.29, 1.82) is 0 Å². The summed E-state index contributed by atoms with van der Waals surface area (Å²) in [4.78, 5) is 25.5.